The summed E-state index contributed by atoms with van der Waals surface area (Å²) in [5.74, 6) is 0.556. The predicted molar refractivity (Wildman–Crippen MR) is 60.8 cm³/mol. The Morgan fingerprint density at radius 2 is 2.00 bits per heavy atom. The van der Waals surface area contributed by atoms with Gasteiger partial charge in [-0.1, -0.05) is 0 Å². The number of aliphatic hydroxyl groups excluding tert-OH is 2. The lowest BCUT2D eigenvalue weighted by Crippen LogP contribution is -2.51. The topological polar surface area (TPSA) is 104 Å². The second kappa shape index (κ2) is 4.73. The third-order valence-electron chi connectivity index (χ3n) is 2.44. The average molecular weight is 263 g/mol. The van der Waals surface area contributed by atoms with Crippen molar-refractivity contribution in [2.75, 3.05) is 13.2 Å². The highest BCUT2D eigenvalue weighted by Crippen LogP contribution is 2.12. The van der Waals surface area contributed by atoms with Crippen molar-refractivity contribution >= 4 is 10.0 Å². The lowest BCUT2D eigenvalue weighted by molar-refractivity contribution is 0.121. The number of hydrogen-bond acceptors (Lipinski definition) is 5. The van der Waals surface area contributed by atoms with Crippen LogP contribution in [0.15, 0.2) is 11.2 Å². The molecule has 0 amide bonds. The van der Waals surface area contributed by atoms with E-state index in [1.807, 2.05) is 0 Å². The maximum Gasteiger partial charge on any atom is 0.260 e. The zero-order valence-electron chi connectivity index (χ0n) is 10.0. The fraction of sp³-hybridized carbons (Fsp3) is 0.667. The van der Waals surface area contributed by atoms with Crippen molar-refractivity contribution < 1.29 is 18.6 Å². The summed E-state index contributed by atoms with van der Waals surface area (Å²) in [5.41, 5.74) is -1.30. The quantitative estimate of drug-likeness (QED) is 0.616. The Kier molecular flexibility index (Phi) is 3.92. The van der Waals surface area contributed by atoms with E-state index in [0.717, 1.165) is 0 Å². The molecule has 17 heavy (non-hydrogen) atoms. The van der Waals surface area contributed by atoms with Crippen molar-refractivity contribution in [3.8, 4) is 0 Å². The molecule has 0 aromatic carbocycles. The fourth-order valence-electron chi connectivity index (χ4n) is 1.15. The van der Waals surface area contributed by atoms with Crippen LogP contribution >= 0.6 is 0 Å². The van der Waals surface area contributed by atoms with Gasteiger partial charge in [0.15, 0.2) is 5.03 Å². The van der Waals surface area contributed by atoms with Crippen molar-refractivity contribution in [1.29, 1.82) is 0 Å². The van der Waals surface area contributed by atoms with Crippen LogP contribution in [0.5, 0.6) is 0 Å². The first-order valence-electron chi connectivity index (χ1n) is 5.00. The number of aromatic nitrogens is 2. The van der Waals surface area contributed by atoms with Gasteiger partial charge in [0.25, 0.3) is 10.0 Å². The van der Waals surface area contributed by atoms with E-state index in [1.165, 1.54) is 13.1 Å². The van der Waals surface area contributed by atoms with E-state index in [2.05, 4.69) is 9.71 Å². The van der Waals surface area contributed by atoms with Gasteiger partial charge < -0.3 is 14.8 Å². The average Bonchev–Trinajstić information content (AvgIpc) is 2.59. The third kappa shape index (κ3) is 3.03. The number of imidazole rings is 1. The van der Waals surface area contributed by atoms with Gasteiger partial charge in [-0.25, -0.2) is 13.4 Å². The molecule has 0 unspecified atom stereocenters. The van der Waals surface area contributed by atoms with Crippen LogP contribution in [0.1, 0.15) is 12.7 Å². The SMILES string of the molecule is Cc1nc(S(=O)(=O)NC(C)(CO)CO)cn1C. The van der Waals surface area contributed by atoms with Crippen LogP contribution in [0.2, 0.25) is 0 Å². The van der Waals surface area contributed by atoms with Gasteiger partial charge in [-0.15, -0.1) is 0 Å². The second-order valence-electron chi connectivity index (χ2n) is 4.22. The van der Waals surface area contributed by atoms with Crippen LogP contribution in [0.4, 0.5) is 0 Å². The van der Waals surface area contributed by atoms with Crippen LogP contribution in [-0.4, -0.2) is 46.9 Å². The van der Waals surface area contributed by atoms with Gasteiger partial charge in [-0.05, 0) is 13.8 Å². The Hall–Kier alpha value is -0.960. The first-order chi connectivity index (χ1) is 7.74. The van der Waals surface area contributed by atoms with Crippen LogP contribution in [-0.2, 0) is 17.1 Å². The van der Waals surface area contributed by atoms with E-state index in [9.17, 15) is 8.42 Å². The van der Waals surface area contributed by atoms with E-state index in [4.69, 9.17) is 10.2 Å². The summed E-state index contributed by atoms with van der Waals surface area (Å²) in [5, 5.41) is 18.0. The molecule has 3 N–H and O–H groups in total. The van der Waals surface area contributed by atoms with E-state index >= 15 is 0 Å². The smallest absolute Gasteiger partial charge is 0.260 e. The highest BCUT2D eigenvalue weighted by Gasteiger charge is 2.31. The summed E-state index contributed by atoms with van der Waals surface area (Å²) in [4.78, 5) is 3.88. The van der Waals surface area contributed by atoms with E-state index in [1.54, 1.807) is 18.5 Å². The monoisotopic (exact) mass is 263 g/mol. The van der Waals surface area contributed by atoms with Gasteiger partial charge in [-0.3, -0.25) is 0 Å². The largest absolute Gasteiger partial charge is 0.394 e. The Bertz CT molecular complexity index is 471. The molecule has 1 heterocycles. The lowest BCUT2D eigenvalue weighted by atomic mass is 10.1. The summed E-state index contributed by atoms with van der Waals surface area (Å²) >= 11 is 0. The molecule has 1 aromatic rings. The van der Waals surface area contributed by atoms with Crippen molar-refractivity contribution in [2.24, 2.45) is 7.05 Å². The molecule has 0 fully saturated rings. The number of nitrogens with one attached hydrogen (secondary N) is 1. The van der Waals surface area contributed by atoms with E-state index in [-0.39, 0.29) is 5.03 Å². The molecule has 0 saturated heterocycles. The summed E-state index contributed by atoms with van der Waals surface area (Å²) < 4.78 is 27.6. The molecule has 7 nitrogen and oxygen atoms in total. The van der Waals surface area contributed by atoms with Crippen LogP contribution in [0.25, 0.3) is 0 Å². The summed E-state index contributed by atoms with van der Waals surface area (Å²) in [6, 6.07) is 0. The molecule has 0 bridgehead atoms. The molecule has 1 rings (SSSR count). The molecule has 0 aliphatic rings. The minimum Gasteiger partial charge on any atom is -0.394 e. The minimum atomic E-state index is -3.85. The zero-order chi connectivity index (χ0) is 13.3. The summed E-state index contributed by atoms with van der Waals surface area (Å²) in [6.45, 7) is 2.07. The summed E-state index contributed by atoms with van der Waals surface area (Å²) in [6.07, 6.45) is 1.37. The van der Waals surface area contributed by atoms with Crippen LogP contribution in [0, 0.1) is 6.92 Å². The Morgan fingerprint density at radius 3 is 2.35 bits per heavy atom. The molecule has 1 aromatic heterocycles. The van der Waals surface area contributed by atoms with Crippen LogP contribution in [0.3, 0.4) is 0 Å². The standard InChI is InChI=1S/C9H17N3O4S/c1-7-10-8(4-12(7)3)17(15,16)11-9(2,5-13)6-14/h4,11,13-14H,5-6H2,1-3H3. The molecule has 8 heteroatoms. The molecule has 98 valence electrons. The van der Waals surface area contributed by atoms with Crippen molar-refractivity contribution in [2.45, 2.75) is 24.4 Å². The highest BCUT2D eigenvalue weighted by molar-refractivity contribution is 7.89. The van der Waals surface area contributed by atoms with Gasteiger partial charge in [0.2, 0.25) is 0 Å². The van der Waals surface area contributed by atoms with Gasteiger partial charge in [0, 0.05) is 13.2 Å². The number of nitrogens with zero attached hydrogens (tertiary/aromatic N) is 2. The zero-order valence-corrected chi connectivity index (χ0v) is 10.8. The fourth-order valence-corrected chi connectivity index (χ4v) is 2.58. The molecule has 0 saturated carbocycles. The van der Waals surface area contributed by atoms with E-state index < -0.39 is 28.8 Å². The lowest BCUT2D eigenvalue weighted by Gasteiger charge is -2.25. The first-order valence-corrected chi connectivity index (χ1v) is 6.48. The number of rotatable bonds is 5. The first kappa shape index (κ1) is 14.1. The van der Waals surface area contributed by atoms with Gasteiger partial charge in [0.05, 0.1) is 18.8 Å². The molecule has 0 spiro atoms. The maximum atomic E-state index is 11.9. The summed E-state index contributed by atoms with van der Waals surface area (Å²) in [7, 11) is -2.17. The van der Waals surface area contributed by atoms with E-state index in [0.29, 0.717) is 5.82 Å². The molecule has 0 aliphatic heterocycles. The highest BCUT2D eigenvalue weighted by atomic mass is 32.2. The molecule has 0 radical (unpaired) electrons. The Morgan fingerprint density at radius 1 is 1.47 bits per heavy atom. The van der Waals surface area contributed by atoms with Gasteiger partial charge in [0.1, 0.15) is 5.82 Å². The second-order valence-corrected chi connectivity index (χ2v) is 5.85. The van der Waals surface area contributed by atoms with Crippen LogP contribution < -0.4 is 4.72 Å². The Labute approximate surface area is 100 Å². The number of aliphatic hydroxyl groups is 2. The van der Waals surface area contributed by atoms with Crippen molar-refractivity contribution in [3.05, 3.63) is 12.0 Å². The number of sulfonamides is 1. The van der Waals surface area contributed by atoms with Gasteiger partial charge >= 0.3 is 0 Å². The Balaban J connectivity index is 3.04. The molecular formula is C9H17N3O4S. The molecular weight excluding hydrogens is 246 g/mol. The predicted octanol–water partition coefficient (Wildman–Crippen LogP) is -1.25. The minimum absolute atomic E-state index is 0.134. The van der Waals surface area contributed by atoms with Gasteiger partial charge in [-0.2, -0.15) is 4.72 Å². The number of aryl methyl sites for hydroxylation is 2. The van der Waals surface area contributed by atoms with Crippen molar-refractivity contribution in [1.82, 2.24) is 14.3 Å². The number of hydrogen-bond donors (Lipinski definition) is 3. The maximum absolute atomic E-state index is 11.9. The normalized spacial score (nSPS) is 13.0. The molecule has 0 atom stereocenters. The third-order valence-corrected chi connectivity index (χ3v) is 3.95. The van der Waals surface area contributed by atoms with Crippen molar-refractivity contribution in [3.63, 3.8) is 0 Å². The molecule has 0 aliphatic carbocycles.